The molecule has 0 spiro atoms. The summed E-state index contributed by atoms with van der Waals surface area (Å²) in [5, 5.41) is 6.03. The molecule has 100 valence electrons. The lowest BCUT2D eigenvalue weighted by Gasteiger charge is -2.08. The zero-order valence-electron chi connectivity index (χ0n) is 10.4. The van der Waals surface area contributed by atoms with Crippen LogP contribution in [-0.4, -0.2) is 4.98 Å². The third-order valence-electron chi connectivity index (χ3n) is 2.54. The van der Waals surface area contributed by atoms with E-state index in [1.807, 2.05) is 60.0 Å². The molecular weight excluding hydrogens is 336 g/mol. The largest absolute Gasteiger partial charge is 0.457 e. The number of aromatic nitrogens is 1. The minimum atomic E-state index is 0.789. The number of anilines is 2. The highest BCUT2D eigenvalue weighted by molar-refractivity contribution is 9.10. The molecule has 1 N–H and O–H groups in total. The van der Waals surface area contributed by atoms with Crippen LogP contribution in [0.4, 0.5) is 10.8 Å². The molecule has 1 heterocycles. The molecule has 0 amide bonds. The predicted molar refractivity (Wildman–Crippen MR) is 86.1 cm³/mol. The van der Waals surface area contributed by atoms with E-state index in [1.165, 1.54) is 0 Å². The lowest BCUT2D eigenvalue weighted by molar-refractivity contribution is 0.483. The number of nitrogens with zero attached hydrogens (tertiary/aromatic N) is 1. The van der Waals surface area contributed by atoms with Gasteiger partial charge >= 0.3 is 0 Å². The number of halogens is 1. The highest BCUT2D eigenvalue weighted by Crippen LogP contribution is 2.27. The molecule has 0 atom stereocenters. The first-order valence-electron chi connectivity index (χ1n) is 6.00. The van der Waals surface area contributed by atoms with Crippen LogP contribution in [0.3, 0.4) is 0 Å². The first-order valence-corrected chi connectivity index (χ1v) is 7.68. The summed E-state index contributed by atoms with van der Waals surface area (Å²) in [6.07, 6.45) is 0. The van der Waals surface area contributed by atoms with E-state index in [0.29, 0.717) is 0 Å². The maximum absolute atomic E-state index is 5.80. The van der Waals surface area contributed by atoms with Crippen molar-refractivity contribution in [2.75, 3.05) is 5.32 Å². The number of hydrogen-bond donors (Lipinski definition) is 1. The smallest absolute Gasteiger partial charge is 0.188 e. The molecule has 0 aliphatic carbocycles. The lowest BCUT2D eigenvalue weighted by atomic mass is 10.3. The number of ether oxygens (including phenoxy) is 1. The fourth-order valence-electron chi connectivity index (χ4n) is 1.70. The van der Waals surface area contributed by atoms with Gasteiger partial charge in [0.25, 0.3) is 0 Å². The molecule has 0 saturated heterocycles. The van der Waals surface area contributed by atoms with Gasteiger partial charge in [0.15, 0.2) is 5.13 Å². The van der Waals surface area contributed by atoms with Crippen molar-refractivity contribution in [1.82, 2.24) is 4.98 Å². The van der Waals surface area contributed by atoms with Gasteiger partial charge in [-0.15, -0.1) is 11.3 Å². The number of hydrogen-bond acceptors (Lipinski definition) is 4. The van der Waals surface area contributed by atoms with Gasteiger partial charge in [0, 0.05) is 17.1 Å². The van der Waals surface area contributed by atoms with E-state index in [9.17, 15) is 0 Å². The van der Waals surface area contributed by atoms with Crippen LogP contribution in [-0.2, 0) is 0 Å². The monoisotopic (exact) mass is 346 g/mol. The second-order valence-electron chi connectivity index (χ2n) is 4.04. The topological polar surface area (TPSA) is 34.1 Å². The molecule has 0 fully saturated rings. The van der Waals surface area contributed by atoms with Crippen LogP contribution < -0.4 is 10.1 Å². The fraction of sp³-hybridized carbons (Fsp3) is 0. The van der Waals surface area contributed by atoms with Gasteiger partial charge < -0.3 is 10.1 Å². The molecule has 20 heavy (non-hydrogen) atoms. The third-order valence-corrected chi connectivity index (χ3v) is 4.01. The zero-order valence-corrected chi connectivity index (χ0v) is 12.8. The van der Waals surface area contributed by atoms with E-state index in [2.05, 4.69) is 26.2 Å². The van der Waals surface area contributed by atoms with Gasteiger partial charge in [-0.1, -0.05) is 24.3 Å². The SMILES string of the molecule is Brc1csc(Nc2cccc(Oc3ccccc3)c2)n1. The molecule has 0 unspecified atom stereocenters. The van der Waals surface area contributed by atoms with Crippen LogP contribution in [0.15, 0.2) is 64.6 Å². The summed E-state index contributed by atoms with van der Waals surface area (Å²) < 4.78 is 6.63. The molecule has 2 aromatic carbocycles. The van der Waals surface area contributed by atoms with Gasteiger partial charge in [-0.2, -0.15) is 0 Å². The van der Waals surface area contributed by atoms with E-state index >= 15 is 0 Å². The maximum Gasteiger partial charge on any atom is 0.188 e. The highest BCUT2D eigenvalue weighted by atomic mass is 79.9. The molecule has 3 nitrogen and oxygen atoms in total. The summed E-state index contributed by atoms with van der Waals surface area (Å²) in [5.74, 6) is 1.61. The van der Waals surface area contributed by atoms with Gasteiger partial charge in [0.05, 0.1) is 0 Å². The van der Waals surface area contributed by atoms with Crippen molar-refractivity contribution in [1.29, 1.82) is 0 Å². The number of thiazole rings is 1. The van der Waals surface area contributed by atoms with Gasteiger partial charge in [-0.25, -0.2) is 4.98 Å². The maximum atomic E-state index is 5.80. The summed E-state index contributed by atoms with van der Waals surface area (Å²) in [6, 6.07) is 17.5. The summed E-state index contributed by atoms with van der Waals surface area (Å²) in [6.45, 7) is 0. The summed E-state index contributed by atoms with van der Waals surface area (Å²) in [7, 11) is 0. The Balaban J connectivity index is 1.76. The van der Waals surface area contributed by atoms with Gasteiger partial charge in [-0.3, -0.25) is 0 Å². The molecule has 0 aliphatic heterocycles. The molecular formula is C15H11BrN2OS. The molecule has 0 bridgehead atoms. The van der Waals surface area contributed by atoms with Crippen LogP contribution in [0.25, 0.3) is 0 Å². The van der Waals surface area contributed by atoms with Crippen LogP contribution in [0.2, 0.25) is 0 Å². The standard InChI is InChI=1S/C15H11BrN2OS/c16-14-10-20-15(18-14)17-11-5-4-8-13(9-11)19-12-6-2-1-3-7-12/h1-10H,(H,17,18). The minimum absolute atomic E-state index is 0.789. The Morgan fingerprint density at radius 2 is 1.80 bits per heavy atom. The van der Waals surface area contributed by atoms with E-state index < -0.39 is 0 Å². The Morgan fingerprint density at radius 1 is 1.00 bits per heavy atom. The first-order chi connectivity index (χ1) is 9.79. The van der Waals surface area contributed by atoms with E-state index in [-0.39, 0.29) is 0 Å². The molecule has 1 aromatic heterocycles. The second kappa shape index (κ2) is 6.07. The average molecular weight is 347 g/mol. The Hall–Kier alpha value is -1.85. The zero-order chi connectivity index (χ0) is 13.8. The van der Waals surface area contributed by atoms with Crippen molar-refractivity contribution >= 4 is 38.1 Å². The normalized spacial score (nSPS) is 10.2. The summed E-state index contributed by atoms with van der Waals surface area (Å²) in [5.41, 5.74) is 0.945. The quantitative estimate of drug-likeness (QED) is 0.682. The fourth-order valence-corrected chi connectivity index (χ4v) is 2.86. The third kappa shape index (κ3) is 3.37. The lowest BCUT2D eigenvalue weighted by Crippen LogP contribution is -1.90. The van der Waals surface area contributed by atoms with Crippen LogP contribution in [0.1, 0.15) is 0 Å². The van der Waals surface area contributed by atoms with Gasteiger partial charge in [0.1, 0.15) is 16.1 Å². The second-order valence-corrected chi connectivity index (χ2v) is 5.71. The van der Waals surface area contributed by atoms with Crippen LogP contribution in [0, 0.1) is 0 Å². The van der Waals surface area contributed by atoms with E-state index in [4.69, 9.17) is 4.74 Å². The van der Waals surface area contributed by atoms with Crippen LogP contribution >= 0.6 is 27.3 Å². The van der Waals surface area contributed by atoms with Crippen molar-refractivity contribution in [3.8, 4) is 11.5 Å². The van der Waals surface area contributed by atoms with Gasteiger partial charge in [0.2, 0.25) is 0 Å². The minimum Gasteiger partial charge on any atom is -0.457 e. The summed E-state index contributed by atoms with van der Waals surface area (Å²) >= 11 is 4.88. The molecule has 0 radical (unpaired) electrons. The van der Waals surface area contributed by atoms with Crippen LogP contribution in [0.5, 0.6) is 11.5 Å². The Bertz CT molecular complexity index is 700. The molecule has 3 aromatic rings. The van der Waals surface area contributed by atoms with Crippen molar-refractivity contribution < 1.29 is 4.74 Å². The number of benzene rings is 2. The Labute approximate surface area is 129 Å². The number of rotatable bonds is 4. The predicted octanol–water partition coefficient (Wildman–Crippen LogP) is 5.44. The molecule has 0 saturated carbocycles. The average Bonchev–Trinajstić information content (AvgIpc) is 2.86. The van der Waals surface area contributed by atoms with E-state index in [0.717, 1.165) is 26.9 Å². The van der Waals surface area contributed by atoms with Crippen molar-refractivity contribution in [2.24, 2.45) is 0 Å². The van der Waals surface area contributed by atoms with Crippen molar-refractivity contribution in [3.05, 3.63) is 64.6 Å². The molecule has 0 aliphatic rings. The van der Waals surface area contributed by atoms with Crippen molar-refractivity contribution in [3.63, 3.8) is 0 Å². The van der Waals surface area contributed by atoms with E-state index in [1.54, 1.807) is 11.3 Å². The first kappa shape index (κ1) is 13.1. The van der Waals surface area contributed by atoms with Gasteiger partial charge in [-0.05, 0) is 40.2 Å². The Morgan fingerprint density at radius 3 is 2.55 bits per heavy atom. The Kier molecular flexibility index (Phi) is 3.99. The van der Waals surface area contributed by atoms with Crippen molar-refractivity contribution in [2.45, 2.75) is 0 Å². The molecule has 3 rings (SSSR count). The highest BCUT2D eigenvalue weighted by Gasteiger charge is 2.02. The molecule has 5 heteroatoms. The number of para-hydroxylation sites is 1. The number of nitrogens with one attached hydrogen (secondary N) is 1. The summed E-state index contributed by atoms with van der Waals surface area (Å²) in [4.78, 5) is 4.30.